The van der Waals surface area contributed by atoms with Gasteiger partial charge in [-0.3, -0.25) is 9.69 Å². The summed E-state index contributed by atoms with van der Waals surface area (Å²) in [6.07, 6.45) is 10.1. The number of imidazole rings is 1. The Kier molecular flexibility index (Phi) is 5.69. The van der Waals surface area contributed by atoms with Gasteiger partial charge in [0.05, 0.1) is 12.4 Å². The Morgan fingerprint density at radius 1 is 1.33 bits per heavy atom. The van der Waals surface area contributed by atoms with Crippen molar-refractivity contribution in [2.24, 2.45) is 0 Å². The van der Waals surface area contributed by atoms with Crippen molar-refractivity contribution < 1.29 is 9.21 Å². The maximum absolute atomic E-state index is 12.2. The van der Waals surface area contributed by atoms with Gasteiger partial charge in [-0.1, -0.05) is 6.42 Å². The fourth-order valence-corrected chi connectivity index (χ4v) is 3.15. The lowest BCUT2D eigenvalue weighted by Crippen LogP contribution is -2.32. The summed E-state index contributed by atoms with van der Waals surface area (Å²) in [5.41, 5.74) is 0. The van der Waals surface area contributed by atoms with Crippen LogP contribution >= 0.6 is 0 Å². The van der Waals surface area contributed by atoms with Crippen molar-refractivity contribution in [2.45, 2.75) is 45.2 Å². The van der Waals surface area contributed by atoms with Crippen LogP contribution in [0.25, 0.3) is 0 Å². The number of carbonyl (C=O) groups is 1. The van der Waals surface area contributed by atoms with E-state index >= 15 is 0 Å². The molecular weight excluding hydrogens is 304 g/mol. The van der Waals surface area contributed by atoms with Gasteiger partial charge in [-0.25, -0.2) is 4.98 Å². The lowest BCUT2D eigenvalue weighted by molar-refractivity contribution is 0.0916. The smallest absolute Gasteiger partial charge is 0.286 e. The zero-order chi connectivity index (χ0) is 16.8. The second-order valence-electron chi connectivity index (χ2n) is 6.38. The molecule has 0 spiro atoms. The van der Waals surface area contributed by atoms with Gasteiger partial charge >= 0.3 is 0 Å². The van der Waals surface area contributed by atoms with Crippen molar-refractivity contribution in [1.82, 2.24) is 19.8 Å². The molecule has 24 heavy (non-hydrogen) atoms. The number of likely N-dealkylation sites (tertiary alicyclic amines) is 1. The Labute approximate surface area is 142 Å². The zero-order valence-corrected chi connectivity index (χ0v) is 14.3. The number of furan rings is 1. The van der Waals surface area contributed by atoms with Crippen LogP contribution in [0, 0.1) is 0 Å². The first-order valence-corrected chi connectivity index (χ1v) is 8.82. The molecule has 2 aromatic heterocycles. The highest BCUT2D eigenvalue weighted by Crippen LogP contribution is 2.25. The summed E-state index contributed by atoms with van der Waals surface area (Å²) in [5, 5.41) is 2.91. The maximum atomic E-state index is 12.2. The predicted octanol–water partition coefficient (Wildman–Crippen LogP) is 2.84. The Bertz CT molecular complexity index is 629. The Hall–Kier alpha value is -2.08. The van der Waals surface area contributed by atoms with Gasteiger partial charge in [-0.15, -0.1) is 0 Å². The van der Waals surface area contributed by atoms with E-state index in [-0.39, 0.29) is 11.9 Å². The van der Waals surface area contributed by atoms with Gasteiger partial charge in [0, 0.05) is 25.5 Å². The Morgan fingerprint density at radius 2 is 2.17 bits per heavy atom. The highest BCUT2D eigenvalue weighted by atomic mass is 16.4. The molecule has 130 valence electrons. The van der Waals surface area contributed by atoms with Gasteiger partial charge in [0.1, 0.15) is 5.76 Å². The summed E-state index contributed by atoms with van der Waals surface area (Å²) < 4.78 is 7.79. The van der Waals surface area contributed by atoms with Crippen LogP contribution in [0.3, 0.4) is 0 Å². The maximum Gasteiger partial charge on any atom is 0.286 e. The van der Waals surface area contributed by atoms with Crippen LogP contribution in [0.5, 0.6) is 0 Å². The standard InChI is InChI=1S/C18H26N4O2/c1-15(22-11-3-2-4-12-22)16-6-7-17(24-16)18(23)20-8-5-10-21-13-9-19-14-21/h6-7,9,13-15H,2-5,8,10-12H2,1H3,(H,20,23). The fraction of sp³-hybridized carbons (Fsp3) is 0.556. The van der Waals surface area contributed by atoms with Crippen LogP contribution in [0.4, 0.5) is 0 Å². The number of nitrogens with zero attached hydrogens (tertiary/aromatic N) is 3. The normalized spacial score (nSPS) is 16.9. The number of rotatable bonds is 7. The van der Waals surface area contributed by atoms with E-state index in [0.717, 1.165) is 31.8 Å². The largest absolute Gasteiger partial charge is 0.454 e. The van der Waals surface area contributed by atoms with Crippen LogP contribution in [0.1, 0.15) is 55.0 Å². The number of hydrogen-bond donors (Lipinski definition) is 1. The summed E-state index contributed by atoms with van der Waals surface area (Å²) in [5.74, 6) is 1.13. The van der Waals surface area contributed by atoms with Gasteiger partial charge in [-0.05, 0) is 51.4 Å². The molecule has 0 aromatic carbocycles. The number of hydrogen-bond acceptors (Lipinski definition) is 4. The molecule has 3 rings (SSSR count). The summed E-state index contributed by atoms with van der Waals surface area (Å²) in [6, 6.07) is 3.94. The molecule has 1 N–H and O–H groups in total. The highest BCUT2D eigenvalue weighted by molar-refractivity contribution is 5.91. The number of aryl methyl sites for hydroxylation is 1. The molecule has 0 radical (unpaired) electrons. The number of piperidine rings is 1. The van der Waals surface area contributed by atoms with E-state index in [1.54, 1.807) is 18.6 Å². The van der Waals surface area contributed by atoms with E-state index < -0.39 is 0 Å². The average Bonchev–Trinajstić information content (AvgIpc) is 3.30. The first-order chi connectivity index (χ1) is 11.7. The summed E-state index contributed by atoms with van der Waals surface area (Å²) in [6.45, 7) is 5.83. The molecule has 1 saturated heterocycles. The van der Waals surface area contributed by atoms with Crippen LogP contribution in [-0.4, -0.2) is 40.0 Å². The molecule has 1 amide bonds. The molecule has 1 unspecified atom stereocenters. The monoisotopic (exact) mass is 330 g/mol. The second kappa shape index (κ2) is 8.15. The summed E-state index contributed by atoms with van der Waals surface area (Å²) in [7, 11) is 0. The van der Waals surface area contributed by atoms with Crippen LogP contribution in [0.2, 0.25) is 0 Å². The molecule has 0 aliphatic carbocycles. The number of amides is 1. The van der Waals surface area contributed by atoms with Crippen molar-refractivity contribution in [1.29, 1.82) is 0 Å². The molecule has 6 nitrogen and oxygen atoms in total. The second-order valence-corrected chi connectivity index (χ2v) is 6.38. The van der Waals surface area contributed by atoms with Gasteiger partial charge in [0.2, 0.25) is 0 Å². The quantitative estimate of drug-likeness (QED) is 0.793. The molecule has 0 saturated carbocycles. The Balaban J connectivity index is 1.46. The number of carbonyl (C=O) groups excluding carboxylic acids is 1. The SMILES string of the molecule is CC(c1ccc(C(=O)NCCCn2ccnc2)o1)N1CCCCC1. The molecule has 1 fully saturated rings. The van der Waals surface area contributed by atoms with Crippen molar-refractivity contribution >= 4 is 5.91 Å². The average molecular weight is 330 g/mol. The molecule has 1 aliphatic heterocycles. The van der Waals surface area contributed by atoms with E-state index in [1.807, 2.05) is 16.8 Å². The molecule has 1 atom stereocenters. The van der Waals surface area contributed by atoms with E-state index in [0.29, 0.717) is 12.3 Å². The molecule has 0 bridgehead atoms. The lowest BCUT2D eigenvalue weighted by atomic mass is 10.1. The first-order valence-electron chi connectivity index (χ1n) is 8.82. The van der Waals surface area contributed by atoms with E-state index in [9.17, 15) is 4.79 Å². The number of nitrogens with one attached hydrogen (secondary N) is 1. The van der Waals surface area contributed by atoms with Crippen LogP contribution in [-0.2, 0) is 6.54 Å². The lowest BCUT2D eigenvalue weighted by Gasteiger charge is -2.31. The third-order valence-electron chi connectivity index (χ3n) is 4.64. The fourth-order valence-electron chi connectivity index (χ4n) is 3.15. The van der Waals surface area contributed by atoms with Crippen molar-refractivity contribution in [3.05, 3.63) is 42.4 Å². The number of aromatic nitrogens is 2. The van der Waals surface area contributed by atoms with Gasteiger partial charge in [0.15, 0.2) is 5.76 Å². The van der Waals surface area contributed by atoms with Crippen molar-refractivity contribution in [3.63, 3.8) is 0 Å². The molecule has 2 aromatic rings. The minimum atomic E-state index is -0.141. The predicted molar refractivity (Wildman–Crippen MR) is 91.7 cm³/mol. The van der Waals surface area contributed by atoms with E-state index in [1.165, 1.54) is 19.3 Å². The summed E-state index contributed by atoms with van der Waals surface area (Å²) in [4.78, 5) is 18.6. The van der Waals surface area contributed by atoms with Crippen molar-refractivity contribution in [3.8, 4) is 0 Å². The minimum absolute atomic E-state index is 0.141. The minimum Gasteiger partial charge on any atom is -0.454 e. The topological polar surface area (TPSA) is 63.3 Å². The van der Waals surface area contributed by atoms with Crippen LogP contribution in [0.15, 0.2) is 35.3 Å². The van der Waals surface area contributed by atoms with Crippen LogP contribution < -0.4 is 5.32 Å². The third kappa shape index (κ3) is 4.26. The highest BCUT2D eigenvalue weighted by Gasteiger charge is 2.22. The van der Waals surface area contributed by atoms with Gasteiger partial charge in [-0.2, -0.15) is 0 Å². The molecule has 3 heterocycles. The Morgan fingerprint density at radius 3 is 2.92 bits per heavy atom. The summed E-state index contributed by atoms with van der Waals surface area (Å²) >= 11 is 0. The zero-order valence-electron chi connectivity index (χ0n) is 14.3. The van der Waals surface area contributed by atoms with Crippen molar-refractivity contribution in [2.75, 3.05) is 19.6 Å². The molecule has 1 aliphatic rings. The van der Waals surface area contributed by atoms with E-state index in [4.69, 9.17) is 4.42 Å². The molecular formula is C18H26N4O2. The van der Waals surface area contributed by atoms with E-state index in [2.05, 4.69) is 22.1 Å². The van der Waals surface area contributed by atoms with Gasteiger partial charge < -0.3 is 14.3 Å². The molecule has 6 heteroatoms. The first kappa shape index (κ1) is 16.8. The third-order valence-corrected chi connectivity index (χ3v) is 4.64. The van der Waals surface area contributed by atoms with Gasteiger partial charge in [0.25, 0.3) is 5.91 Å².